The second kappa shape index (κ2) is 20.6. The van der Waals surface area contributed by atoms with Gasteiger partial charge >= 0.3 is 0 Å². The molecule has 0 spiro atoms. The molecule has 0 bridgehead atoms. The van der Waals surface area contributed by atoms with E-state index in [2.05, 4.69) is 35.7 Å². The number of aryl methyl sites for hydroxylation is 1. The van der Waals surface area contributed by atoms with E-state index in [0.717, 1.165) is 52.7 Å². The Labute approximate surface area is 352 Å². The number of fused-ring (bicyclic) bond motifs is 2. The molecule has 1 saturated carbocycles. The molecule has 2 aromatic heterocycles. The molecule has 1 saturated heterocycles. The lowest BCUT2D eigenvalue weighted by atomic mass is 9.91. The SMILES string of the molecule is NC(=O)c1nnc(N[C@@H]2CCCC[C@@H]2N)nc1Nc1cccc2c1ccn2CCOCCOCCOCCOCCCc1cccc2c1C(=O)N(C1CCC(=O)NC1=O)C2=O. The van der Waals surface area contributed by atoms with Gasteiger partial charge in [0.2, 0.25) is 17.8 Å². The number of aromatic nitrogens is 4. The van der Waals surface area contributed by atoms with Crippen molar-refractivity contribution in [2.45, 2.75) is 76.0 Å². The normalized spacial score (nSPS) is 19.0. The van der Waals surface area contributed by atoms with Gasteiger partial charge in [0.25, 0.3) is 17.7 Å². The van der Waals surface area contributed by atoms with Gasteiger partial charge in [0.1, 0.15) is 6.04 Å². The van der Waals surface area contributed by atoms with E-state index in [-0.39, 0.29) is 47.9 Å². The molecule has 324 valence electrons. The van der Waals surface area contributed by atoms with E-state index in [1.807, 2.05) is 30.5 Å². The fourth-order valence-corrected chi connectivity index (χ4v) is 7.88. The number of anilines is 3. The highest BCUT2D eigenvalue weighted by molar-refractivity contribution is 6.24. The van der Waals surface area contributed by atoms with Crippen molar-refractivity contribution in [3.63, 3.8) is 0 Å². The number of benzene rings is 2. The maximum Gasteiger partial charge on any atom is 0.273 e. The average molecular weight is 841 g/mol. The zero-order chi connectivity index (χ0) is 42.7. The molecule has 7 rings (SSSR count). The van der Waals surface area contributed by atoms with Crippen molar-refractivity contribution in [3.8, 4) is 0 Å². The van der Waals surface area contributed by atoms with Crippen LogP contribution in [0.1, 0.15) is 81.7 Å². The van der Waals surface area contributed by atoms with Crippen molar-refractivity contribution >= 4 is 57.9 Å². The molecule has 3 atom stereocenters. The monoisotopic (exact) mass is 840 g/mol. The van der Waals surface area contributed by atoms with Gasteiger partial charge in [-0.2, -0.15) is 4.98 Å². The maximum absolute atomic E-state index is 13.3. The minimum absolute atomic E-state index is 0.0146. The summed E-state index contributed by atoms with van der Waals surface area (Å²) < 4.78 is 24.9. The molecule has 19 heteroatoms. The zero-order valence-electron chi connectivity index (χ0n) is 33.9. The Bertz CT molecular complexity index is 2230. The standard InChI is InChI=1S/C42H52N10O9/c43-29-9-1-2-10-31(29)46-42-48-38(36(37(44)54)49-50-42)45-30-11-4-12-32-27(30)15-16-51(32)17-19-59-21-23-61-25-24-60-22-20-58-18-5-7-26-6-3-8-28-35(26)41(57)52(40(28)56)33-13-14-34(53)47-39(33)55/h3-4,6,8,11-12,15-16,29,31,33H,1-2,5,7,9-10,13-14,17-25,43H2,(H2,44,54)(H,47,53,55)(H2,45,46,48,50)/t29-,31+,33?/m0/s1. The van der Waals surface area contributed by atoms with E-state index in [1.54, 1.807) is 18.2 Å². The van der Waals surface area contributed by atoms with Crippen LogP contribution in [0.3, 0.4) is 0 Å². The van der Waals surface area contributed by atoms with Gasteiger partial charge in [-0.3, -0.25) is 34.2 Å². The van der Waals surface area contributed by atoms with Gasteiger partial charge in [0.15, 0.2) is 11.5 Å². The minimum atomic E-state index is -0.995. The molecule has 1 aliphatic carbocycles. The van der Waals surface area contributed by atoms with Crippen molar-refractivity contribution in [3.05, 3.63) is 71.0 Å². The largest absolute Gasteiger partial charge is 0.379 e. The van der Waals surface area contributed by atoms with Gasteiger partial charge < -0.3 is 45.6 Å². The molecule has 7 N–H and O–H groups in total. The summed E-state index contributed by atoms with van der Waals surface area (Å²) in [6, 6.07) is 11.9. The highest BCUT2D eigenvalue weighted by atomic mass is 16.6. The number of primary amides is 1. The van der Waals surface area contributed by atoms with Crippen LogP contribution in [0, 0.1) is 0 Å². The number of hydrogen-bond donors (Lipinski definition) is 5. The fraction of sp³-hybridized carbons (Fsp3) is 0.476. The molecule has 2 fully saturated rings. The third kappa shape index (κ3) is 10.5. The Morgan fingerprint density at radius 2 is 1.56 bits per heavy atom. The molecule has 2 aromatic carbocycles. The zero-order valence-corrected chi connectivity index (χ0v) is 33.9. The lowest BCUT2D eigenvalue weighted by Gasteiger charge is -2.29. The average Bonchev–Trinajstić information content (AvgIpc) is 3.78. The smallest absolute Gasteiger partial charge is 0.273 e. The molecule has 0 radical (unpaired) electrons. The summed E-state index contributed by atoms with van der Waals surface area (Å²) in [6.07, 6.45) is 7.28. The van der Waals surface area contributed by atoms with E-state index in [4.69, 9.17) is 30.4 Å². The molecule has 3 aliphatic rings. The first-order valence-electron chi connectivity index (χ1n) is 20.8. The summed E-state index contributed by atoms with van der Waals surface area (Å²) in [7, 11) is 0. The summed E-state index contributed by atoms with van der Waals surface area (Å²) in [6.45, 7) is 3.97. The van der Waals surface area contributed by atoms with Crippen molar-refractivity contribution in [1.82, 2.24) is 30.0 Å². The summed E-state index contributed by atoms with van der Waals surface area (Å²) in [5.41, 5.74) is 14.8. The van der Waals surface area contributed by atoms with Crippen LogP contribution in [0.15, 0.2) is 48.7 Å². The first-order valence-corrected chi connectivity index (χ1v) is 20.8. The third-order valence-corrected chi connectivity index (χ3v) is 11.0. The predicted molar refractivity (Wildman–Crippen MR) is 222 cm³/mol. The van der Waals surface area contributed by atoms with Crippen molar-refractivity contribution in [1.29, 1.82) is 0 Å². The predicted octanol–water partition coefficient (Wildman–Crippen LogP) is 2.45. The number of amides is 5. The molecule has 4 aromatic rings. The lowest BCUT2D eigenvalue weighted by Crippen LogP contribution is -2.54. The van der Waals surface area contributed by atoms with Gasteiger partial charge in [-0.15, -0.1) is 10.2 Å². The topological polar surface area (TPSA) is 257 Å². The maximum atomic E-state index is 13.3. The molecule has 4 heterocycles. The van der Waals surface area contributed by atoms with Crippen LogP contribution < -0.4 is 27.4 Å². The van der Waals surface area contributed by atoms with Crippen LogP contribution in [0.2, 0.25) is 0 Å². The Kier molecular flexibility index (Phi) is 14.6. The van der Waals surface area contributed by atoms with Gasteiger partial charge in [-0.1, -0.05) is 31.0 Å². The fourth-order valence-electron chi connectivity index (χ4n) is 7.88. The molecule has 1 unspecified atom stereocenters. The summed E-state index contributed by atoms with van der Waals surface area (Å²) in [5.74, 6) is -2.31. The molecule has 2 aliphatic heterocycles. The number of imide groups is 2. The number of rotatable bonds is 22. The van der Waals surface area contributed by atoms with E-state index >= 15 is 0 Å². The number of nitrogens with one attached hydrogen (secondary N) is 3. The number of nitrogens with zero attached hydrogens (tertiary/aromatic N) is 5. The first kappa shape index (κ1) is 43.2. The number of nitrogens with two attached hydrogens (primary N) is 2. The second-order valence-corrected chi connectivity index (χ2v) is 15.1. The van der Waals surface area contributed by atoms with Gasteiger partial charge in [0, 0.05) is 48.9 Å². The van der Waals surface area contributed by atoms with Crippen LogP contribution in [-0.4, -0.2) is 125 Å². The number of ether oxygens (including phenoxy) is 4. The highest BCUT2D eigenvalue weighted by Gasteiger charge is 2.45. The summed E-state index contributed by atoms with van der Waals surface area (Å²) in [5, 5.41) is 17.8. The number of carbonyl (C=O) groups is 5. The van der Waals surface area contributed by atoms with Gasteiger partial charge in [-0.05, 0) is 61.9 Å². The lowest BCUT2D eigenvalue weighted by molar-refractivity contribution is -0.136. The molecular formula is C42H52N10O9. The van der Waals surface area contributed by atoms with E-state index < -0.39 is 35.6 Å². The second-order valence-electron chi connectivity index (χ2n) is 15.1. The van der Waals surface area contributed by atoms with Crippen LogP contribution in [0.25, 0.3) is 10.9 Å². The summed E-state index contributed by atoms with van der Waals surface area (Å²) in [4.78, 5) is 68.0. The highest BCUT2D eigenvalue weighted by Crippen LogP contribution is 2.31. The third-order valence-electron chi connectivity index (χ3n) is 11.0. The first-order chi connectivity index (χ1) is 29.7. The van der Waals surface area contributed by atoms with Crippen molar-refractivity contribution < 1.29 is 42.9 Å². The van der Waals surface area contributed by atoms with Gasteiger partial charge in [0.05, 0.1) is 62.9 Å². The summed E-state index contributed by atoms with van der Waals surface area (Å²) >= 11 is 0. The Balaban J connectivity index is 0.753. The van der Waals surface area contributed by atoms with Crippen LogP contribution >= 0.6 is 0 Å². The quantitative estimate of drug-likeness (QED) is 0.0563. The molecule has 19 nitrogen and oxygen atoms in total. The number of hydrogen-bond acceptors (Lipinski definition) is 15. The van der Waals surface area contributed by atoms with Gasteiger partial charge in [-0.25, -0.2) is 0 Å². The number of carbonyl (C=O) groups excluding carboxylic acids is 5. The van der Waals surface area contributed by atoms with Crippen LogP contribution in [-0.2, 0) is 41.5 Å². The Morgan fingerprint density at radius 3 is 2.30 bits per heavy atom. The molecule has 61 heavy (non-hydrogen) atoms. The van der Waals surface area contributed by atoms with Crippen LogP contribution in [0.4, 0.5) is 17.5 Å². The van der Waals surface area contributed by atoms with E-state index in [0.29, 0.717) is 77.8 Å². The molecule has 5 amide bonds. The number of piperidine rings is 1. The van der Waals surface area contributed by atoms with E-state index in [9.17, 15) is 24.0 Å². The Morgan fingerprint density at radius 1 is 0.836 bits per heavy atom. The van der Waals surface area contributed by atoms with E-state index in [1.165, 1.54) is 0 Å². The molecular weight excluding hydrogens is 789 g/mol. The minimum Gasteiger partial charge on any atom is -0.379 e. The van der Waals surface area contributed by atoms with Crippen molar-refractivity contribution in [2.24, 2.45) is 11.5 Å². The van der Waals surface area contributed by atoms with Crippen molar-refractivity contribution in [2.75, 3.05) is 63.5 Å². The Hall–Kier alpha value is -5.86. The van der Waals surface area contributed by atoms with Crippen LogP contribution in [0.5, 0.6) is 0 Å².